The summed E-state index contributed by atoms with van der Waals surface area (Å²) in [5.74, 6) is 2.09. The van der Waals surface area contributed by atoms with Crippen LogP contribution in [0.3, 0.4) is 0 Å². The van der Waals surface area contributed by atoms with Crippen LogP contribution in [-0.4, -0.2) is 93.1 Å². The first-order chi connectivity index (χ1) is 21.8. The lowest BCUT2D eigenvalue weighted by atomic mass is 9.72. The van der Waals surface area contributed by atoms with Crippen molar-refractivity contribution in [1.82, 2.24) is 24.3 Å². The van der Waals surface area contributed by atoms with Gasteiger partial charge in [-0.3, -0.25) is 14.6 Å². The van der Waals surface area contributed by atoms with E-state index in [1.165, 1.54) is 37.0 Å². The summed E-state index contributed by atoms with van der Waals surface area (Å²) >= 11 is 0. The molecule has 4 atom stereocenters. The number of piperidine rings is 1. The summed E-state index contributed by atoms with van der Waals surface area (Å²) in [5.41, 5.74) is 4.22. The number of aliphatic hydroxyl groups excluding tert-OH is 1. The van der Waals surface area contributed by atoms with E-state index in [1.54, 1.807) is 17.9 Å². The van der Waals surface area contributed by atoms with E-state index >= 15 is 0 Å². The molecular weight excluding hydrogens is 569 g/mol. The van der Waals surface area contributed by atoms with Crippen molar-refractivity contribution in [3.8, 4) is 5.69 Å². The van der Waals surface area contributed by atoms with Crippen LogP contribution in [-0.2, 0) is 11.2 Å². The Morgan fingerprint density at radius 1 is 1.02 bits per heavy atom. The molecule has 5 heterocycles. The van der Waals surface area contributed by atoms with Gasteiger partial charge in [-0.15, -0.1) is 0 Å². The van der Waals surface area contributed by atoms with Crippen LogP contribution in [0.1, 0.15) is 66.9 Å². The highest BCUT2D eigenvalue weighted by molar-refractivity contribution is 5.99. The molecule has 3 saturated heterocycles. The summed E-state index contributed by atoms with van der Waals surface area (Å²) in [5, 5.41) is 11.0. The number of rotatable bonds is 7. The van der Waals surface area contributed by atoms with Crippen LogP contribution < -0.4 is 0 Å². The van der Waals surface area contributed by atoms with Gasteiger partial charge in [0.2, 0.25) is 5.91 Å². The number of benzene rings is 1. The molecule has 3 aromatic rings. The smallest absolute Gasteiger partial charge is 0.256 e. The van der Waals surface area contributed by atoms with Gasteiger partial charge in [0.15, 0.2) is 0 Å². The molecule has 2 bridgehead atoms. The van der Waals surface area contributed by atoms with E-state index in [9.17, 15) is 19.1 Å². The molecule has 2 unspecified atom stereocenters. The molecule has 7 rings (SSSR count). The van der Waals surface area contributed by atoms with E-state index in [4.69, 9.17) is 0 Å². The van der Waals surface area contributed by atoms with Crippen molar-refractivity contribution in [3.63, 3.8) is 0 Å². The maximum atomic E-state index is 14.6. The first kappa shape index (κ1) is 30.4. The summed E-state index contributed by atoms with van der Waals surface area (Å²) in [7, 11) is 0. The first-order valence-corrected chi connectivity index (χ1v) is 16.9. The lowest BCUT2D eigenvalue weighted by molar-refractivity contribution is -0.133. The van der Waals surface area contributed by atoms with Crippen LogP contribution in [0.5, 0.6) is 0 Å². The van der Waals surface area contributed by atoms with Crippen molar-refractivity contribution >= 4 is 22.7 Å². The maximum Gasteiger partial charge on any atom is 0.256 e. The van der Waals surface area contributed by atoms with Crippen LogP contribution in [0.4, 0.5) is 4.39 Å². The summed E-state index contributed by atoms with van der Waals surface area (Å²) in [6.45, 7) is 9.50. The third-order valence-corrected chi connectivity index (χ3v) is 11.1. The van der Waals surface area contributed by atoms with Gasteiger partial charge in [-0.05, 0) is 111 Å². The Morgan fingerprint density at radius 2 is 1.82 bits per heavy atom. The minimum Gasteiger partial charge on any atom is -0.394 e. The van der Waals surface area contributed by atoms with Gasteiger partial charge in [0.05, 0.1) is 35.6 Å². The van der Waals surface area contributed by atoms with Crippen molar-refractivity contribution in [2.75, 3.05) is 45.9 Å². The molecule has 1 saturated carbocycles. The molecule has 1 aliphatic carbocycles. The molecule has 4 fully saturated rings. The molecular formula is C36H46FN5O3. The topological polar surface area (TPSA) is 81.9 Å². The SMILES string of the molecule is CC(=O)N1CC2CC(CN3CC[C@@H](Cc4cn(-c5ccc(F)cc5C(=O)N5CCC[C@H]5CO)c5cncc(C)c45)C3)CC(C2)C1. The van der Waals surface area contributed by atoms with Gasteiger partial charge in [-0.1, -0.05) is 0 Å². The van der Waals surface area contributed by atoms with Gasteiger partial charge >= 0.3 is 0 Å². The Morgan fingerprint density at radius 3 is 2.58 bits per heavy atom. The van der Waals surface area contributed by atoms with Crippen molar-refractivity contribution < 1.29 is 19.1 Å². The average Bonchev–Trinajstić information content (AvgIpc) is 3.76. The molecule has 3 aliphatic heterocycles. The fraction of sp³-hybridized carbons (Fsp3) is 0.583. The molecule has 2 amide bonds. The van der Waals surface area contributed by atoms with Gasteiger partial charge in [0, 0.05) is 57.4 Å². The standard InChI is InChI=1S/C36H46FN5O3/c1-23-15-38-16-34-35(23)29(21-42(34)33-6-5-30(37)14-32(33)36(45)41-8-3-4-31(41)22-43)13-25-7-9-39(17-25)18-26-10-27-12-28(11-26)20-40(19-27)24(2)44/h5-6,14-16,21,25-28,31,43H,3-4,7-13,17-20,22H2,1-2H3/t25-,26?,27?,28?,31-/m0/s1. The number of halogens is 1. The van der Waals surface area contributed by atoms with Gasteiger partial charge in [0.1, 0.15) is 5.82 Å². The predicted molar refractivity (Wildman–Crippen MR) is 172 cm³/mol. The molecule has 0 spiro atoms. The first-order valence-electron chi connectivity index (χ1n) is 16.9. The zero-order valence-electron chi connectivity index (χ0n) is 26.6. The second-order valence-electron chi connectivity index (χ2n) is 14.4. The van der Waals surface area contributed by atoms with Crippen LogP contribution in [0, 0.1) is 36.4 Å². The third-order valence-electron chi connectivity index (χ3n) is 11.1. The zero-order chi connectivity index (χ0) is 31.2. The number of pyridine rings is 1. The lowest BCUT2D eigenvalue weighted by Crippen LogP contribution is -2.47. The fourth-order valence-corrected chi connectivity index (χ4v) is 9.16. The highest BCUT2D eigenvalue weighted by Gasteiger charge is 2.37. The Kier molecular flexibility index (Phi) is 8.42. The van der Waals surface area contributed by atoms with Gasteiger partial charge < -0.3 is 24.4 Å². The van der Waals surface area contributed by atoms with Crippen molar-refractivity contribution in [1.29, 1.82) is 0 Å². The summed E-state index contributed by atoms with van der Waals surface area (Å²) < 4.78 is 16.6. The second kappa shape index (κ2) is 12.5. The third kappa shape index (κ3) is 6.01. The van der Waals surface area contributed by atoms with E-state index in [0.717, 1.165) is 74.9 Å². The van der Waals surface area contributed by atoms with E-state index < -0.39 is 5.82 Å². The summed E-state index contributed by atoms with van der Waals surface area (Å²) in [6, 6.07) is 4.22. The summed E-state index contributed by atoms with van der Waals surface area (Å²) in [6.07, 6.45) is 13.3. The fourth-order valence-electron chi connectivity index (χ4n) is 9.16. The van der Waals surface area contributed by atoms with Gasteiger partial charge in [-0.2, -0.15) is 0 Å². The minimum atomic E-state index is -0.448. The quantitative estimate of drug-likeness (QED) is 0.412. The second-order valence-corrected chi connectivity index (χ2v) is 14.4. The van der Waals surface area contributed by atoms with Crippen LogP contribution in [0.2, 0.25) is 0 Å². The van der Waals surface area contributed by atoms with Gasteiger partial charge in [-0.25, -0.2) is 4.39 Å². The molecule has 1 N–H and O–H groups in total. The van der Waals surface area contributed by atoms with E-state index in [2.05, 4.69) is 27.9 Å². The Balaban J connectivity index is 1.10. The highest BCUT2D eigenvalue weighted by atomic mass is 19.1. The molecule has 240 valence electrons. The number of fused-ring (bicyclic) bond motifs is 3. The Bertz CT molecular complexity index is 1570. The van der Waals surface area contributed by atoms with Crippen LogP contribution >= 0.6 is 0 Å². The Labute approximate surface area is 265 Å². The van der Waals surface area contributed by atoms with Crippen molar-refractivity contribution in [2.45, 2.75) is 64.8 Å². The number of aryl methyl sites for hydroxylation is 1. The Hall–Kier alpha value is -3.30. The molecule has 4 aliphatic rings. The number of carbonyl (C=O) groups is 2. The monoisotopic (exact) mass is 615 g/mol. The average molecular weight is 616 g/mol. The number of likely N-dealkylation sites (tertiary alicyclic amines) is 3. The number of hydrogen-bond acceptors (Lipinski definition) is 5. The van der Waals surface area contributed by atoms with E-state index in [0.29, 0.717) is 41.5 Å². The van der Waals surface area contributed by atoms with E-state index in [1.807, 2.05) is 17.0 Å². The van der Waals surface area contributed by atoms with E-state index in [-0.39, 0.29) is 24.5 Å². The van der Waals surface area contributed by atoms with Gasteiger partial charge in [0.25, 0.3) is 5.91 Å². The normalized spacial score (nSPS) is 27.1. The molecule has 0 radical (unpaired) electrons. The molecule has 2 aromatic heterocycles. The lowest BCUT2D eigenvalue weighted by Gasteiger charge is -2.44. The number of carbonyl (C=O) groups excluding carboxylic acids is 2. The number of aliphatic hydroxyl groups is 1. The molecule has 45 heavy (non-hydrogen) atoms. The van der Waals surface area contributed by atoms with Crippen LogP contribution in [0.25, 0.3) is 16.6 Å². The number of hydrogen-bond donors (Lipinski definition) is 1. The number of nitrogens with zero attached hydrogens (tertiary/aromatic N) is 5. The molecule has 8 nitrogen and oxygen atoms in total. The highest BCUT2D eigenvalue weighted by Crippen LogP contribution is 2.39. The number of aromatic nitrogens is 2. The zero-order valence-corrected chi connectivity index (χ0v) is 26.6. The maximum absolute atomic E-state index is 14.6. The number of amides is 2. The van der Waals surface area contributed by atoms with Crippen molar-refractivity contribution in [2.24, 2.45) is 23.7 Å². The minimum absolute atomic E-state index is 0.0884. The van der Waals surface area contributed by atoms with Crippen molar-refractivity contribution in [3.05, 3.63) is 59.3 Å². The summed E-state index contributed by atoms with van der Waals surface area (Å²) in [4.78, 5) is 36.7. The largest absolute Gasteiger partial charge is 0.394 e. The predicted octanol–water partition coefficient (Wildman–Crippen LogP) is 4.83. The molecule has 1 aromatic carbocycles. The van der Waals surface area contributed by atoms with Crippen LogP contribution in [0.15, 0.2) is 36.8 Å². The molecule has 9 heteroatoms.